The smallest absolute Gasteiger partial charge is 0.273 e. The number of rotatable bonds is 6. The van der Waals surface area contributed by atoms with E-state index < -0.39 is 10.5 Å². The first-order valence-corrected chi connectivity index (χ1v) is 8.52. The van der Waals surface area contributed by atoms with E-state index in [1.807, 2.05) is 13.8 Å². The topological polar surface area (TPSA) is 75.8 Å². The summed E-state index contributed by atoms with van der Waals surface area (Å²) in [7, 11) is 1.54. The van der Waals surface area contributed by atoms with Crippen LogP contribution in [0.5, 0.6) is 5.75 Å². The minimum absolute atomic E-state index is 0.0458. The number of methoxy groups -OCH3 is 1. The highest BCUT2D eigenvalue weighted by Gasteiger charge is 2.28. The average Bonchev–Trinajstić information content (AvgIpc) is 2.54. The van der Waals surface area contributed by atoms with Crippen molar-refractivity contribution in [3.8, 4) is 5.75 Å². The number of hydrogen-bond acceptors (Lipinski definition) is 5. The Kier molecular flexibility index (Phi) is 5.70. The lowest BCUT2D eigenvalue weighted by atomic mass is 9.81. The highest BCUT2D eigenvalue weighted by molar-refractivity contribution is 5.62. The Balaban J connectivity index is 2.01. The molecule has 1 saturated heterocycles. The van der Waals surface area contributed by atoms with Gasteiger partial charge in [0.1, 0.15) is 5.75 Å². The van der Waals surface area contributed by atoms with Gasteiger partial charge in [0.15, 0.2) is 0 Å². The summed E-state index contributed by atoms with van der Waals surface area (Å²) in [5, 5.41) is 21.0. The van der Waals surface area contributed by atoms with Gasteiger partial charge in [-0.25, -0.2) is 0 Å². The SMILES string of the molecule is COc1cc([N+](=O)[O-])ccc1N1CCC(C[C@@H](C)C(C)(C)O)CC1. The molecule has 1 aromatic carbocycles. The minimum Gasteiger partial charge on any atom is -0.494 e. The minimum atomic E-state index is -0.640. The number of anilines is 1. The molecule has 1 aliphatic rings. The van der Waals surface area contributed by atoms with Gasteiger partial charge in [-0.1, -0.05) is 6.92 Å². The van der Waals surface area contributed by atoms with Gasteiger partial charge in [0.2, 0.25) is 0 Å². The number of nitro benzene ring substituents is 1. The lowest BCUT2D eigenvalue weighted by molar-refractivity contribution is -0.384. The molecule has 0 aromatic heterocycles. The molecule has 0 bridgehead atoms. The third-order valence-corrected chi connectivity index (χ3v) is 5.22. The molecule has 1 aliphatic heterocycles. The first kappa shape index (κ1) is 18.5. The highest BCUT2D eigenvalue weighted by atomic mass is 16.6. The van der Waals surface area contributed by atoms with E-state index >= 15 is 0 Å². The van der Waals surface area contributed by atoms with Crippen LogP contribution in [0, 0.1) is 22.0 Å². The largest absolute Gasteiger partial charge is 0.494 e. The molecule has 6 nitrogen and oxygen atoms in total. The molecule has 1 N–H and O–H groups in total. The van der Waals surface area contributed by atoms with E-state index in [2.05, 4.69) is 11.8 Å². The molecule has 0 radical (unpaired) electrons. The van der Waals surface area contributed by atoms with Crippen LogP contribution in [0.4, 0.5) is 11.4 Å². The highest BCUT2D eigenvalue weighted by Crippen LogP contribution is 2.36. The van der Waals surface area contributed by atoms with Crippen molar-refractivity contribution in [2.24, 2.45) is 11.8 Å². The van der Waals surface area contributed by atoms with Crippen LogP contribution >= 0.6 is 0 Å². The molecule has 0 spiro atoms. The van der Waals surface area contributed by atoms with E-state index in [1.165, 1.54) is 12.1 Å². The van der Waals surface area contributed by atoms with Gasteiger partial charge >= 0.3 is 0 Å². The Hall–Kier alpha value is -1.82. The summed E-state index contributed by atoms with van der Waals surface area (Å²) in [6.07, 6.45) is 3.13. The summed E-state index contributed by atoms with van der Waals surface area (Å²) in [4.78, 5) is 12.7. The number of hydrogen-bond donors (Lipinski definition) is 1. The zero-order valence-corrected chi connectivity index (χ0v) is 15.0. The number of nitro groups is 1. The summed E-state index contributed by atoms with van der Waals surface area (Å²) in [5.74, 6) is 1.42. The lowest BCUT2D eigenvalue weighted by Gasteiger charge is -2.37. The first-order valence-electron chi connectivity index (χ1n) is 8.52. The Morgan fingerprint density at radius 3 is 2.54 bits per heavy atom. The molecule has 0 unspecified atom stereocenters. The maximum atomic E-state index is 10.9. The number of piperidine rings is 1. The van der Waals surface area contributed by atoms with Crippen molar-refractivity contribution in [1.82, 2.24) is 0 Å². The van der Waals surface area contributed by atoms with Crippen molar-refractivity contribution < 1.29 is 14.8 Å². The fraction of sp³-hybridized carbons (Fsp3) is 0.667. The Morgan fingerprint density at radius 2 is 2.04 bits per heavy atom. The van der Waals surface area contributed by atoms with Crippen LogP contribution in [0.15, 0.2) is 18.2 Å². The van der Waals surface area contributed by atoms with Gasteiger partial charge in [0, 0.05) is 19.2 Å². The molecule has 2 rings (SSSR count). The normalized spacial score (nSPS) is 17.6. The van der Waals surface area contributed by atoms with Crippen LogP contribution in [0.2, 0.25) is 0 Å². The second-order valence-corrected chi connectivity index (χ2v) is 7.33. The summed E-state index contributed by atoms with van der Waals surface area (Å²) in [6.45, 7) is 7.64. The van der Waals surface area contributed by atoms with Crippen molar-refractivity contribution in [2.75, 3.05) is 25.1 Å². The van der Waals surface area contributed by atoms with Crippen LogP contribution in [-0.2, 0) is 0 Å². The van der Waals surface area contributed by atoms with E-state index in [0.717, 1.165) is 38.0 Å². The van der Waals surface area contributed by atoms with E-state index in [9.17, 15) is 15.2 Å². The second-order valence-electron chi connectivity index (χ2n) is 7.33. The first-order chi connectivity index (χ1) is 11.2. The quantitative estimate of drug-likeness (QED) is 0.634. The van der Waals surface area contributed by atoms with Gasteiger partial charge in [0.25, 0.3) is 5.69 Å². The summed E-state index contributed by atoms with van der Waals surface area (Å²) in [5.41, 5.74) is 0.320. The predicted octanol–water partition coefficient (Wildman–Crippen LogP) is 3.62. The molecular weight excluding hydrogens is 308 g/mol. The summed E-state index contributed by atoms with van der Waals surface area (Å²) < 4.78 is 5.35. The molecule has 1 atom stereocenters. The Morgan fingerprint density at radius 1 is 1.42 bits per heavy atom. The lowest BCUT2D eigenvalue weighted by Crippen LogP contribution is -2.36. The molecule has 1 heterocycles. The van der Waals surface area contributed by atoms with E-state index in [-0.39, 0.29) is 11.6 Å². The van der Waals surface area contributed by atoms with Gasteiger partial charge in [-0.15, -0.1) is 0 Å². The molecule has 0 aliphatic carbocycles. The van der Waals surface area contributed by atoms with Crippen molar-refractivity contribution in [2.45, 2.75) is 45.6 Å². The van der Waals surface area contributed by atoms with Crippen molar-refractivity contribution >= 4 is 11.4 Å². The van der Waals surface area contributed by atoms with Crippen LogP contribution in [0.3, 0.4) is 0 Å². The number of benzene rings is 1. The molecule has 24 heavy (non-hydrogen) atoms. The molecule has 6 heteroatoms. The van der Waals surface area contributed by atoms with E-state index in [0.29, 0.717) is 11.7 Å². The third-order valence-electron chi connectivity index (χ3n) is 5.22. The zero-order chi connectivity index (χ0) is 17.9. The standard InChI is InChI=1S/C18H28N2O4/c1-13(18(2,3)21)11-14-7-9-19(10-8-14)16-6-5-15(20(22)23)12-17(16)24-4/h5-6,12-14,21H,7-11H2,1-4H3/t13-/m1/s1. The van der Waals surface area contributed by atoms with Crippen LogP contribution < -0.4 is 9.64 Å². The van der Waals surface area contributed by atoms with Crippen molar-refractivity contribution in [3.63, 3.8) is 0 Å². The molecule has 134 valence electrons. The number of non-ortho nitro benzene ring substituents is 1. The summed E-state index contributed by atoms with van der Waals surface area (Å²) in [6, 6.07) is 4.79. The van der Waals surface area contributed by atoms with Crippen LogP contribution in [0.1, 0.15) is 40.0 Å². The fourth-order valence-corrected chi connectivity index (χ4v) is 3.24. The average molecular weight is 336 g/mol. The molecule has 1 aromatic rings. The Bertz CT molecular complexity index is 575. The zero-order valence-electron chi connectivity index (χ0n) is 15.0. The molecule has 0 saturated carbocycles. The van der Waals surface area contributed by atoms with Gasteiger partial charge in [-0.2, -0.15) is 0 Å². The Labute approximate surface area is 143 Å². The maximum Gasteiger partial charge on any atom is 0.273 e. The number of ether oxygens (including phenoxy) is 1. The second kappa shape index (κ2) is 7.38. The van der Waals surface area contributed by atoms with Crippen LogP contribution in [-0.4, -0.2) is 35.8 Å². The summed E-state index contributed by atoms with van der Waals surface area (Å²) >= 11 is 0. The van der Waals surface area contributed by atoms with Gasteiger partial charge in [-0.05, 0) is 51.0 Å². The van der Waals surface area contributed by atoms with Crippen LogP contribution in [0.25, 0.3) is 0 Å². The van der Waals surface area contributed by atoms with Crippen molar-refractivity contribution in [1.29, 1.82) is 0 Å². The van der Waals surface area contributed by atoms with Gasteiger partial charge in [0.05, 0.1) is 29.4 Å². The van der Waals surface area contributed by atoms with Gasteiger partial charge in [-0.3, -0.25) is 10.1 Å². The molecule has 1 fully saturated rings. The predicted molar refractivity (Wildman–Crippen MR) is 94.7 cm³/mol. The van der Waals surface area contributed by atoms with Gasteiger partial charge < -0.3 is 14.7 Å². The van der Waals surface area contributed by atoms with E-state index in [1.54, 1.807) is 13.2 Å². The molecular formula is C18H28N2O4. The number of aliphatic hydroxyl groups is 1. The van der Waals surface area contributed by atoms with E-state index in [4.69, 9.17) is 4.74 Å². The number of nitrogens with zero attached hydrogens (tertiary/aromatic N) is 2. The van der Waals surface area contributed by atoms with Crippen molar-refractivity contribution in [3.05, 3.63) is 28.3 Å². The third kappa shape index (κ3) is 4.38. The molecule has 0 amide bonds. The maximum absolute atomic E-state index is 10.9. The fourth-order valence-electron chi connectivity index (χ4n) is 3.24. The monoisotopic (exact) mass is 336 g/mol.